The lowest BCUT2D eigenvalue weighted by Crippen LogP contribution is -2.28. The van der Waals surface area contributed by atoms with Crippen molar-refractivity contribution in [2.45, 2.75) is 38.1 Å². The highest BCUT2D eigenvalue weighted by atomic mass is 32.2. The molecule has 0 spiro atoms. The largest absolute Gasteiger partial charge is 0.316 e. The Labute approximate surface area is 115 Å². The quantitative estimate of drug-likeness (QED) is 0.799. The van der Waals surface area contributed by atoms with Gasteiger partial charge in [0, 0.05) is 12.6 Å². The molecule has 5 heteroatoms. The number of sulfonamides is 1. The van der Waals surface area contributed by atoms with Crippen molar-refractivity contribution in [1.29, 1.82) is 0 Å². The first-order valence-electron chi connectivity index (χ1n) is 6.76. The Morgan fingerprint density at radius 3 is 2.37 bits per heavy atom. The van der Waals surface area contributed by atoms with Crippen LogP contribution < -0.4 is 10.0 Å². The molecule has 2 atom stereocenters. The number of hydrogen-bond donors (Lipinski definition) is 2. The van der Waals surface area contributed by atoms with Gasteiger partial charge in [-0.15, -0.1) is 0 Å². The highest BCUT2D eigenvalue weighted by molar-refractivity contribution is 7.88. The average Bonchev–Trinajstić information content (AvgIpc) is 3.09. The second-order valence-corrected chi connectivity index (χ2v) is 6.99. The van der Waals surface area contributed by atoms with Crippen molar-refractivity contribution < 1.29 is 8.42 Å². The molecule has 0 bridgehead atoms. The van der Waals surface area contributed by atoms with Gasteiger partial charge in [0.05, 0.1) is 5.75 Å². The number of benzene rings is 1. The van der Waals surface area contributed by atoms with Crippen LogP contribution in [0, 0.1) is 5.92 Å². The zero-order valence-corrected chi connectivity index (χ0v) is 12.3. The van der Waals surface area contributed by atoms with Crippen LogP contribution in [0.15, 0.2) is 24.3 Å². The van der Waals surface area contributed by atoms with E-state index in [4.69, 9.17) is 0 Å². The Morgan fingerprint density at radius 1 is 1.21 bits per heavy atom. The Bertz CT molecular complexity index is 511. The average molecular weight is 282 g/mol. The van der Waals surface area contributed by atoms with Crippen LogP contribution >= 0.6 is 0 Å². The molecule has 2 unspecified atom stereocenters. The summed E-state index contributed by atoms with van der Waals surface area (Å²) in [5.74, 6) is 0.604. The van der Waals surface area contributed by atoms with Crippen molar-refractivity contribution in [3.8, 4) is 0 Å². The summed E-state index contributed by atoms with van der Waals surface area (Å²) in [7, 11) is -1.31. The van der Waals surface area contributed by atoms with E-state index in [9.17, 15) is 8.42 Å². The van der Waals surface area contributed by atoms with Crippen molar-refractivity contribution in [3.63, 3.8) is 0 Å². The van der Waals surface area contributed by atoms with Gasteiger partial charge < -0.3 is 5.32 Å². The normalized spacial score (nSPS) is 22.4. The smallest absolute Gasteiger partial charge is 0.216 e. The molecule has 1 fully saturated rings. The fourth-order valence-electron chi connectivity index (χ4n) is 2.29. The van der Waals surface area contributed by atoms with E-state index >= 15 is 0 Å². The molecule has 2 N–H and O–H groups in total. The third-order valence-electron chi connectivity index (χ3n) is 3.54. The predicted octanol–water partition coefficient (Wildman–Crippen LogP) is 1.62. The second-order valence-electron chi connectivity index (χ2n) is 5.23. The van der Waals surface area contributed by atoms with E-state index in [0.717, 1.165) is 30.5 Å². The molecular weight excluding hydrogens is 260 g/mol. The standard InChI is InChI=1S/C14H22N2O2S/c1-3-13-8-14(13)16-19(17,18)10-12-6-4-11(5-7-12)9-15-2/h4-7,13-16H,3,8-10H2,1-2H3. The maximum absolute atomic E-state index is 12.0. The van der Waals surface area contributed by atoms with E-state index in [2.05, 4.69) is 17.0 Å². The summed E-state index contributed by atoms with van der Waals surface area (Å²) in [5.41, 5.74) is 1.99. The summed E-state index contributed by atoms with van der Waals surface area (Å²) >= 11 is 0. The SMILES string of the molecule is CCC1CC1NS(=O)(=O)Cc1ccc(CNC)cc1. The van der Waals surface area contributed by atoms with E-state index in [1.165, 1.54) is 0 Å². The first-order valence-corrected chi connectivity index (χ1v) is 8.41. The van der Waals surface area contributed by atoms with Gasteiger partial charge in [-0.25, -0.2) is 13.1 Å². The summed E-state index contributed by atoms with van der Waals surface area (Å²) in [6.07, 6.45) is 2.03. The maximum atomic E-state index is 12.0. The van der Waals surface area contributed by atoms with E-state index in [-0.39, 0.29) is 11.8 Å². The van der Waals surface area contributed by atoms with Crippen LogP contribution in [0.5, 0.6) is 0 Å². The minimum atomic E-state index is -3.21. The molecule has 0 amide bonds. The molecule has 2 rings (SSSR count). The van der Waals surface area contributed by atoms with E-state index in [1.807, 2.05) is 31.3 Å². The van der Waals surface area contributed by atoms with Gasteiger partial charge in [-0.05, 0) is 30.5 Å². The van der Waals surface area contributed by atoms with Gasteiger partial charge in [-0.2, -0.15) is 0 Å². The third-order valence-corrected chi connectivity index (χ3v) is 4.91. The van der Waals surface area contributed by atoms with Crippen LogP contribution in [-0.2, 0) is 22.3 Å². The molecule has 106 valence electrons. The highest BCUT2D eigenvalue weighted by Gasteiger charge is 2.38. The van der Waals surface area contributed by atoms with Crippen LogP contribution in [0.4, 0.5) is 0 Å². The number of hydrogen-bond acceptors (Lipinski definition) is 3. The van der Waals surface area contributed by atoms with Crippen molar-refractivity contribution >= 4 is 10.0 Å². The molecule has 1 saturated carbocycles. The fraction of sp³-hybridized carbons (Fsp3) is 0.571. The molecule has 1 aliphatic rings. The van der Waals surface area contributed by atoms with Crippen LogP contribution in [0.2, 0.25) is 0 Å². The maximum Gasteiger partial charge on any atom is 0.216 e. The lowest BCUT2D eigenvalue weighted by molar-refractivity contribution is 0.575. The molecule has 0 saturated heterocycles. The third kappa shape index (κ3) is 4.30. The van der Waals surface area contributed by atoms with E-state index in [1.54, 1.807) is 0 Å². The molecular formula is C14H22N2O2S. The van der Waals surface area contributed by atoms with Crippen molar-refractivity contribution in [2.24, 2.45) is 5.92 Å². The first kappa shape index (κ1) is 14.5. The molecule has 0 aromatic heterocycles. The van der Waals surface area contributed by atoms with Crippen LogP contribution in [0.3, 0.4) is 0 Å². The van der Waals surface area contributed by atoms with E-state index < -0.39 is 10.0 Å². The Kier molecular flexibility index (Phi) is 4.60. The molecule has 1 aliphatic carbocycles. The van der Waals surface area contributed by atoms with Gasteiger partial charge in [0.1, 0.15) is 0 Å². The number of rotatable bonds is 7. The molecule has 0 aliphatic heterocycles. The summed E-state index contributed by atoms with van der Waals surface area (Å²) in [6, 6.07) is 7.87. The molecule has 0 heterocycles. The first-order chi connectivity index (χ1) is 9.04. The van der Waals surface area contributed by atoms with Gasteiger partial charge in [-0.3, -0.25) is 0 Å². The minimum absolute atomic E-state index is 0.0692. The Morgan fingerprint density at radius 2 is 1.84 bits per heavy atom. The van der Waals surface area contributed by atoms with Gasteiger partial charge in [0.25, 0.3) is 0 Å². The topological polar surface area (TPSA) is 58.2 Å². The summed E-state index contributed by atoms with van der Waals surface area (Å²) < 4.78 is 26.8. The molecule has 0 radical (unpaired) electrons. The van der Waals surface area contributed by atoms with Crippen LogP contribution in [-0.4, -0.2) is 21.5 Å². The van der Waals surface area contributed by atoms with Gasteiger partial charge in [0.2, 0.25) is 10.0 Å². The lowest BCUT2D eigenvalue weighted by Gasteiger charge is -2.07. The monoisotopic (exact) mass is 282 g/mol. The predicted molar refractivity (Wildman–Crippen MR) is 77.2 cm³/mol. The van der Waals surface area contributed by atoms with E-state index in [0.29, 0.717) is 5.92 Å². The lowest BCUT2D eigenvalue weighted by atomic mass is 10.1. The van der Waals surface area contributed by atoms with Crippen molar-refractivity contribution in [1.82, 2.24) is 10.0 Å². The summed E-state index contributed by atoms with van der Waals surface area (Å²) in [5, 5.41) is 3.07. The zero-order valence-electron chi connectivity index (χ0n) is 11.5. The van der Waals surface area contributed by atoms with Crippen LogP contribution in [0.1, 0.15) is 30.9 Å². The van der Waals surface area contributed by atoms with Gasteiger partial charge in [0.15, 0.2) is 0 Å². The zero-order chi connectivity index (χ0) is 13.9. The molecule has 1 aromatic rings. The second kappa shape index (κ2) is 6.03. The molecule has 4 nitrogen and oxygen atoms in total. The summed E-state index contributed by atoms with van der Waals surface area (Å²) in [4.78, 5) is 0. The van der Waals surface area contributed by atoms with Gasteiger partial charge >= 0.3 is 0 Å². The molecule has 19 heavy (non-hydrogen) atoms. The molecule has 1 aromatic carbocycles. The Hall–Kier alpha value is -0.910. The Balaban J connectivity index is 1.92. The minimum Gasteiger partial charge on any atom is -0.316 e. The van der Waals surface area contributed by atoms with Crippen molar-refractivity contribution in [2.75, 3.05) is 7.05 Å². The summed E-state index contributed by atoms with van der Waals surface area (Å²) in [6.45, 7) is 2.89. The van der Waals surface area contributed by atoms with Crippen LogP contribution in [0.25, 0.3) is 0 Å². The van der Waals surface area contributed by atoms with Crippen molar-refractivity contribution in [3.05, 3.63) is 35.4 Å². The van der Waals surface area contributed by atoms with Gasteiger partial charge in [-0.1, -0.05) is 37.6 Å². The highest BCUT2D eigenvalue weighted by Crippen LogP contribution is 2.33. The fourth-order valence-corrected chi connectivity index (χ4v) is 3.76. The number of nitrogens with one attached hydrogen (secondary N) is 2.